The van der Waals surface area contributed by atoms with Gasteiger partial charge in [0.15, 0.2) is 0 Å². The molecule has 0 N–H and O–H groups in total. The van der Waals surface area contributed by atoms with Crippen LogP contribution in [0.3, 0.4) is 0 Å². The Morgan fingerprint density at radius 3 is 1.25 bits per heavy atom. The van der Waals surface area contributed by atoms with Crippen molar-refractivity contribution in [2.24, 2.45) is 11.8 Å². The molecule has 0 aromatic rings. The molecule has 0 rings (SSSR count). The first-order valence-electron chi connectivity index (χ1n) is 5.21. The molecular weight excluding hydrogens is 146 g/mol. The standard InChI is InChI=1S/C9H21N.C2H6/c1-8(2)6-10(5)7-9(3)4;1-2/h8-9H,6-7H2,1-5H3;1-2H3. The Morgan fingerprint density at radius 2 is 1.08 bits per heavy atom. The molecule has 0 spiro atoms. The van der Waals surface area contributed by atoms with Crippen molar-refractivity contribution in [3.8, 4) is 0 Å². The molecule has 0 radical (unpaired) electrons. The molecular formula is C11H27N. The largest absolute Gasteiger partial charge is 0.306 e. The number of hydrogen-bond donors (Lipinski definition) is 0. The van der Waals surface area contributed by atoms with Gasteiger partial charge < -0.3 is 4.90 Å². The van der Waals surface area contributed by atoms with Crippen molar-refractivity contribution in [1.29, 1.82) is 0 Å². The van der Waals surface area contributed by atoms with Gasteiger partial charge in [0.1, 0.15) is 0 Å². The summed E-state index contributed by atoms with van der Waals surface area (Å²) in [6.07, 6.45) is 0. The molecule has 76 valence electrons. The maximum atomic E-state index is 2.40. The second kappa shape index (κ2) is 9.05. The van der Waals surface area contributed by atoms with Crippen molar-refractivity contribution >= 4 is 0 Å². The summed E-state index contributed by atoms with van der Waals surface area (Å²) in [7, 11) is 2.19. The first-order chi connectivity index (χ1) is 5.52. The van der Waals surface area contributed by atoms with E-state index in [1.807, 2.05) is 13.8 Å². The van der Waals surface area contributed by atoms with Crippen LogP contribution in [0.4, 0.5) is 0 Å². The highest BCUT2D eigenvalue weighted by Crippen LogP contribution is 1.99. The van der Waals surface area contributed by atoms with E-state index in [0.717, 1.165) is 11.8 Å². The van der Waals surface area contributed by atoms with E-state index in [0.29, 0.717) is 0 Å². The Morgan fingerprint density at radius 1 is 0.833 bits per heavy atom. The molecule has 12 heavy (non-hydrogen) atoms. The van der Waals surface area contributed by atoms with Gasteiger partial charge in [0.2, 0.25) is 0 Å². The molecule has 0 saturated heterocycles. The van der Waals surface area contributed by atoms with E-state index < -0.39 is 0 Å². The van der Waals surface area contributed by atoms with Gasteiger partial charge in [0.05, 0.1) is 0 Å². The van der Waals surface area contributed by atoms with Crippen molar-refractivity contribution in [2.75, 3.05) is 20.1 Å². The highest BCUT2D eigenvalue weighted by molar-refractivity contribution is 4.56. The Kier molecular flexibility index (Phi) is 10.9. The lowest BCUT2D eigenvalue weighted by Gasteiger charge is -2.20. The number of nitrogens with zero attached hydrogens (tertiary/aromatic N) is 1. The van der Waals surface area contributed by atoms with E-state index in [2.05, 4.69) is 39.6 Å². The second-order valence-corrected chi connectivity index (χ2v) is 4.01. The molecule has 0 bridgehead atoms. The van der Waals surface area contributed by atoms with Gasteiger partial charge >= 0.3 is 0 Å². The summed E-state index contributed by atoms with van der Waals surface area (Å²) in [4.78, 5) is 2.40. The maximum Gasteiger partial charge on any atom is 0.000144 e. The summed E-state index contributed by atoms with van der Waals surface area (Å²) in [5.74, 6) is 1.59. The molecule has 0 aliphatic heterocycles. The van der Waals surface area contributed by atoms with Crippen molar-refractivity contribution in [2.45, 2.75) is 41.5 Å². The van der Waals surface area contributed by atoms with Crippen LogP contribution in [0.5, 0.6) is 0 Å². The van der Waals surface area contributed by atoms with Gasteiger partial charge in [-0.3, -0.25) is 0 Å². The van der Waals surface area contributed by atoms with Crippen LogP contribution in [-0.4, -0.2) is 25.0 Å². The molecule has 0 saturated carbocycles. The first kappa shape index (κ1) is 14.5. The minimum atomic E-state index is 0.795. The van der Waals surface area contributed by atoms with Crippen LogP contribution in [0.2, 0.25) is 0 Å². The maximum absolute atomic E-state index is 2.40. The Hall–Kier alpha value is -0.0400. The molecule has 0 atom stereocenters. The summed E-state index contributed by atoms with van der Waals surface area (Å²) in [5.41, 5.74) is 0. The first-order valence-corrected chi connectivity index (χ1v) is 5.21. The summed E-state index contributed by atoms with van der Waals surface area (Å²) in [6, 6.07) is 0. The zero-order valence-corrected chi connectivity index (χ0v) is 10.0. The number of hydrogen-bond acceptors (Lipinski definition) is 1. The van der Waals surface area contributed by atoms with Gasteiger partial charge in [-0.2, -0.15) is 0 Å². The van der Waals surface area contributed by atoms with E-state index >= 15 is 0 Å². The van der Waals surface area contributed by atoms with Crippen LogP contribution >= 0.6 is 0 Å². The van der Waals surface area contributed by atoms with Crippen molar-refractivity contribution in [1.82, 2.24) is 4.90 Å². The Bertz CT molecular complexity index is 67.1. The summed E-state index contributed by atoms with van der Waals surface area (Å²) < 4.78 is 0. The highest BCUT2D eigenvalue weighted by Gasteiger charge is 2.02. The fourth-order valence-electron chi connectivity index (χ4n) is 1.32. The molecule has 0 unspecified atom stereocenters. The van der Waals surface area contributed by atoms with Crippen LogP contribution in [0, 0.1) is 11.8 Å². The summed E-state index contributed by atoms with van der Waals surface area (Å²) in [6.45, 7) is 15.5. The van der Waals surface area contributed by atoms with Crippen LogP contribution in [-0.2, 0) is 0 Å². The molecule has 0 aliphatic rings. The summed E-state index contributed by atoms with van der Waals surface area (Å²) >= 11 is 0. The average Bonchev–Trinajstić information content (AvgIpc) is 1.87. The molecule has 1 nitrogen and oxygen atoms in total. The minimum Gasteiger partial charge on any atom is -0.306 e. The third-order valence-corrected chi connectivity index (χ3v) is 1.35. The normalized spacial score (nSPS) is 10.5. The molecule has 0 aromatic carbocycles. The van der Waals surface area contributed by atoms with Crippen molar-refractivity contribution in [3.63, 3.8) is 0 Å². The van der Waals surface area contributed by atoms with Crippen LogP contribution < -0.4 is 0 Å². The molecule has 0 aromatic heterocycles. The monoisotopic (exact) mass is 173 g/mol. The third-order valence-electron chi connectivity index (χ3n) is 1.35. The lowest BCUT2D eigenvalue weighted by Crippen LogP contribution is -2.27. The van der Waals surface area contributed by atoms with Crippen molar-refractivity contribution < 1.29 is 0 Å². The van der Waals surface area contributed by atoms with E-state index in [-0.39, 0.29) is 0 Å². The minimum absolute atomic E-state index is 0.795. The van der Waals surface area contributed by atoms with Gasteiger partial charge in [-0.25, -0.2) is 0 Å². The van der Waals surface area contributed by atoms with E-state index in [1.165, 1.54) is 13.1 Å². The lowest BCUT2D eigenvalue weighted by molar-refractivity contribution is 0.265. The zero-order chi connectivity index (χ0) is 10.1. The van der Waals surface area contributed by atoms with Crippen molar-refractivity contribution in [3.05, 3.63) is 0 Å². The second-order valence-electron chi connectivity index (χ2n) is 4.01. The fourth-order valence-corrected chi connectivity index (χ4v) is 1.32. The van der Waals surface area contributed by atoms with Crippen LogP contribution in [0.25, 0.3) is 0 Å². The van der Waals surface area contributed by atoms with E-state index in [1.54, 1.807) is 0 Å². The van der Waals surface area contributed by atoms with Gasteiger partial charge in [0, 0.05) is 13.1 Å². The van der Waals surface area contributed by atoms with Gasteiger partial charge in [0.25, 0.3) is 0 Å². The fraction of sp³-hybridized carbons (Fsp3) is 1.00. The predicted molar refractivity (Wildman–Crippen MR) is 58.5 cm³/mol. The average molecular weight is 173 g/mol. The van der Waals surface area contributed by atoms with Crippen LogP contribution in [0.1, 0.15) is 41.5 Å². The lowest BCUT2D eigenvalue weighted by atomic mass is 10.1. The quantitative estimate of drug-likeness (QED) is 0.631. The molecule has 0 heterocycles. The smallest absolute Gasteiger partial charge is 0.000144 e. The molecule has 1 heteroatoms. The molecule has 0 aliphatic carbocycles. The van der Waals surface area contributed by atoms with E-state index in [9.17, 15) is 0 Å². The SMILES string of the molecule is CC.CC(C)CN(C)CC(C)C. The highest BCUT2D eigenvalue weighted by atomic mass is 15.1. The molecule has 0 amide bonds. The third kappa shape index (κ3) is 12.6. The predicted octanol–water partition coefficient (Wildman–Crippen LogP) is 3.26. The summed E-state index contributed by atoms with van der Waals surface area (Å²) in [5, 5.41) is 0. The Balaban J connectivity index is 0. The van der Waals surface area contributed by atoms with Gasteiger partial charge in [-0.05, 0) is 18.9 Å². The zero-order valence-electron chi connectivity index (χ0n) is 10.0. The Labute approximate surface area is 79.2 Å². The number of rotatable bonds is 4. The van der Waals surface area contributed by atoms with E-state index in [4.69, 9.17) is 0 Å². The van der Waals surface area contributed by atoms with Gasteiger partial charge in [-0.1, -0.05) is 41.5 Å². The van der Waals surface area contributed by atoms with Gasteiger partial charge in [-0.15, -0.1) is 0 Å². The topological polar surface area (TPSA) is 3.24 Å². The van der Waals surface area contributed by atoms with Crippen LogP contribution in [0.15, 0.2) is 0 Å². The molecule has 0 fully saturated rings.